The zero-order valence-corrected chi connectivity index (χ0v) is 10.6. The maximum Gasteiger partial charge on any atom is 0.165 e. The van der Waals surface area contributed by atoms with Gasteiger partial charge in [-0.25, -0.2) is 4.39 Å². The predicted molar refractivity (Wildman–Crippen MR) is 71.2 cm³/mol. The van der Waals surface area contributed by atoms with Gasteiger partial charge in [-0.05, 0) is 43.9 Å². The highest BCUT2D eigenvalue weighted by Gasteiger charge is 2.08. The van der Waals surface area contributed by atoms with Crippen molar-refractivity contribution in [1.29, 1.82) is 0 Å². The summed E-state index contributed by atoms with van der Waals surface area (Å²) in [6.07, 6.45) is 8.13. The Morgan fingerprint density at radius 2 is 2.17 bits per heavy atom. The van der Waals surface area contributed by atoms with Crippen molar-refractivity contribution >= 4 is 0 Å². The molecule has 0 fully saturated rings. The number of allylic oxidation sites excluding steroid dienone is 2. The molecule has 1 aliphatic carbocycles. The van der Waals surface area contributed by atoms with Crippen molar-refractivity contribution < 1.29 is 9.13 Å². The first kappa shape index (κ1) is 13.1. The van der Waals surface area contributed by atoms with E-state index < -0.39 is 0 Å². The third-order valence-electron chi connectivity index (χ3n) is 3.18. The molecule has 0 spiro atoms. The van der Waals surface area contributed by atoms with Crippen LogP contribution >= 0.6 is 0 Å². The number of benzene rings is 1. The van der Waals surface area contributed by atoms with Crippen molar-refractivity contribution in [3.8, 4) is 5.75 Å². The molecule has 0 aliphatic heterocycles. The predicted octanol–water partition coefficient (Wildman–Crippen LogP) is 3.15. The second-order valence-electron chi connectivity index (χ2n) is 4.63. The van der Waals surface area contributed by atoms with Gasteiger partial charge in [-0.15, -0.1) is 0 Å². The van der Waals surface area contributed by atoms with Crippen LogP contribution < -0.4 is 10.1 Å². The zero-order chi connectivity index (χ0) is 12.6. The third kappa shape index (κ3) is 4.15. The molecule has 2 rings (SSSR count). The molecule has 0 bridgehead atoms. The Balaban J connectivity index is 1.59. The number of ether oxygens (including phenoxy) is 1. The summed E-state index contributed by atoms with van der Waals surface area (Å²) in [7, 11) is 0. The highest BCUT2D eigenvalue weighted by molar-refractivity contribution is 5.23. The molecule has 0 radical (unpaired) electrons. The molecule has 1 aromatic rings. The largest absolute Gasteiger partial charge is 0.489 e. The smallest absolute Gasteiger partial charge is 0.165 e. The summed E-state index contributed by atoms with van der Waals surface area (Å²) in [5.74, 6) is 0.776. The molecule has 0 saturated carbocycles. The fraction of sp³-hybridized carbons (Fsp3) is 0.467. The maximum atomic E-state index is 13.2. The molecule has 0 amide bonds. The molecule has 3 heteroatoms. The van der Waals surface area contributed by atoms with E-state index in [-0.39, 0.29) is 5.82 Å². The van der Waals surface area contributed by atoms with E-state index in [2.05, 4.69) is 17.5 Å². The van der Waals surface area contributed by atoms with Crippen LogP contribution in [0.1, 0.15) is 19.3 Å². The number of rotatable bonds is 6. The van der Waals surface area contributed by atoms with Gasteiger partial charge in [-0.3, -0.25) is 0 Å². The van der Waals surface area contributed by atoms with Crippen molar-refractivity contribution in [1.82, 2.24) is 5.32 Å². The standard InChI is InChI=1S/C15H20FNO/c16-14-8-4-5-9-15(14)18-11-10-17-12-13-6-2-1-3-7-13/h1-2,4-5,8-9,13,17H,3,6-7,10-12H2. The van der Waals surface area contributed by atoms with Gasteiger partial charge in [-0.1, -0.05) is 24.3 Å². The average Bonchev–Trinajstić information content (AvgIpc) is 2.42. The van der Waals surface area contributed by atoms with Crippen LogP contribution in [0.4, 0.5) is 4.39 Å². The zero-order valence-electron chi connectivity index (χ0n) is 10.6. The van der Waals surface area contributed by atoms with Gasteiger partial charge >= 0.3 is 0 Å². The van der Waals surface area contributed by atoms with Crippen molar-refractivity contribution in [3.05, 3.63) is 42.2 Å². The molecule has 18 heavy (non-hydrogen) atoms. The van der Waals surface area contributed by atoms with Crippen molar-refractivity contribution in [2.75, 3.05) is 19.7 Å². The quantitative estimate of drug-likeness (QED) is 0.617. The van der Waals surface area contributed by atoms with Gasteiger partial charge in [0.15, 0.2) is 11.6 Å². The molecule has 0 saturated heterocycles. The summed E-state index contributed by atoms with van der Waals surface area (Å²) in [4.78, 5) is 0. The van der Waals surface area contributed by atoms with Gasteiger partial charge in [0.1, 0.15) is 6.61 Å². The Labute approximate surface area is 108 Å². The molecule has 0 heterocycles. The third-order valence-corrected chi connectivity index (χ3v) is 3.18. The van der Waals surface area contributed by atoms with Crippen LogP contribution in [0.5, 0.6) is 5.75 Å². The monoisotopic (exact) mass is 249 g/mol. The number of hydrogen-bond acceptors (Lipinski definition) is 2. The molecule has 1 unspecified atom stereocenters. The van der Waals surface area contributed by atoms with Crippen LogP contribution in [-0.4, -0.2) is 19.7 Å². The van der Waals surface area contributed by atoms with E-state index in [1.807, 2.05) is 0 Å². The minimum atomic E-state index is -0.296. The van der Waals surface area contributed by atoms with Gasteiger partial charge in [0.05, 0.1) is 0 Å². The van der Waals surface area contributed by atoms with Crippen LogP contribution in [0.3, 0.4) is 0 Å². The highest BCUT2D eigenvalue weighted by atomic mass is 19.1. The Morgan fingerprint density at radius 3 is 2.94 bits per heavy atom. The summed E-state index contributed by atoms with van der Waals surface area (Å²) in [6, 6.07) is 6.51. The first-order valence-corrected chi connectivity index (χ1v) is 6.59. The van der Waals surface area contributed by atoms with E-state index in [1.54, 1.807) is 18.2 Å². The van der Waals surface area contributed by atoms with Crippen LogP contribution in [0.25, 0.3) is 0 Å². The van der Waals surface area contributed by atoms with E-state index in [4.69, 9.17) is 4.74 Å². The summed E-state index contributed by atoms with van der Waals surface area (Å²) in [6.45, 7) is 2.28. The van der Waals surface area contributed by atoms with Gasteiger partial charge in [0.25, 0.3) is 0 Å². The topological polar surface area (TPSA) is 21.3 Å². The van der Waals surface area contributed by atoms with Crippen molar-refractivity contribution in [3.63, 3.8) is 0 Å². The van der Waals surface area contributed by atoms with Crippen LogP contribution in [-0.2, 0) is 0 Å². The van der Waals surface area contributed by atoms with Gasteiger partial charge < -0.3 is 10.1 Å². The molecular formula is C15H20FNO. The molecule has 1 aliphatic rings. The lowest BCUT2D eigenvalue weighted by Crippen LogP contribution is -2.27. The minimum Gasteiger partial charge on any atom is -0.489 e. The summed E-state index contributed by atoms with van der Waals surface area (Å²) < 4.78 is 18.6. The van der Waals surface area contributed by atoms with Crippen LogP contribution in [0.2, 0.25) is 0 Å². The number of hydrogen-bond donors (Lipinski definition) is 1. The van der Waals surface area contributed by atoms with Gasteiger partial charge in [-0.2, -0.15) is 0 Å². The SMILES string of the molecule is Fc1ccccc1OCCNCC1CC=CCC1. The van der Waals surface area contributed by atoms with E-state index >= 15 is 0 Å². The normalized spacial score (nSPS) is 18.8. The molecule has 1 aromatic carbocycles. The first-order valence-electron chi connectivity index (χ1n) is 6.59. The fourth-order valence-corrected chi connectivity index (χ4v) is 2.14. The molecule has 98 valence electrons. The lowest BCUT2D eigenvalue weighted by atomic mass is 9.94. The van der Waals surface area contributed by atoms with E-state index in [9.17, 15) is 4.39 Å². The van der Waals surface area contributed by atoms with Crippen molar-refractivity contribution in [2.24, 2.45) is 5.92 Å². The summed E-state index contributed by atoms with van der Waals surface area (Å²) in [5, 5.41) is 3.36. The van der Waals surface area contributed by atoms with Crippen LogP contribution in [0, 0.1) is 11.7 Å². The molecular weight excluding hydrogens is 229 g/mol. The van der Waals surface area contributed by atoms with Crippen molar-refractivity contribution in [2.45, 2.75) is 19.3 Å². The summed E-state index contributed by atoms with van der Waals surface area (Å²) >= 11 is 0. The molecule has 0 aromatic heterocycles. The Morgan fingerprint density at radius 1 is 1.28 bits per heavy atom. The Bertz CT molecular complexity index is 392. The Kier molecular flexibility index (Phi) is 5.21. The maximum absolute atomic E-state index is 13.2. The van der Waals surface area contributed by atoms with E-state index in [0.29, 0.717) is 12.4 Å². The van der Waals surface area contributed by atoms with Crippen LogP contribution in [0.15, 0.2) is 36.4 Å². The van der Waals surface area contributed by atoms with E-state index in [0.717, 1.165) is 19.0 Å². The lowest BCUT2D eigenvalue weighted by molar-refractivity contribution is 0.293. The molecule has 1 atom stereocenters. The Hall–Kier alpha value is -1.35. The summed E-state index contributed by atoms with van der Waals surface area (Å²) in [5.41, 5.74) is 0. The van der Waals surface area contributed by atoms with E-state index in [1.165, 1.54) is 25.3 Å². The number of para-hydroxylation sites is 1. The first-order chi connectivity index (χ1) is 8.86. The highest BCUT2D eigenvalue weighted by Crippen LogP contribution is 2.17. The lowest BCUT2D eigenvalue weighted by Gasteiger charge is -2.18. The number of halogens is 1. The molecule has 1 N–H and O–H groups in total. The fourth-order valence-electron chi connectivity index (χ4n) is 2.14. The second-order valence-corrected chi connectivity index (χ2v) is 4.63. The molecule has 2 nitrogen and oxygen atoms in total. The van der Waals surface area contributed by atoms with Gasteiger partial charge in [0.2, 0.25) is 0 Å². The van der Waals surface area contributed by atoms with Gasteiger partial charge in [0, 0.05) is 6.54 Å². The average molecular weight is 249 g/mol. The minimum absolute atomic E-state index is 0.296. The number of nitrogens with one attached hydrogen (secondary N) is 1. The second kappa shape index (κ2) is 7.17.